The third-order valence-corrected chi connectivity index (χ3v) is 4.62. The second-order valence-electron chi connectivity index (χ2n) is 5.25. The van der Waals surface area contributed by atoms with E-state index in [-0.39, 0.29) is 12.0 Å². The van der Waals surface area contributed by atoms with Gasteiger partial charge in [-0.2, -0.15) is 11.8 Å². The predicted octanol–water partition coefficient (Wildman–Crippen LogP) is 0.154. The van der Waals surface area contributed by atoms with Gasteiger partial charge >= 0.3 is 0 Å². The first-order chi connectivity index (χ1) is 10.2. The van der Waals surface area contributed by atoms with Crippen LogP contribution in [0, 0.1) is 6.92 Å². The third kappa shape index (κ3) is 3.75. The highest BCUT2D eigenvalue weighted by molar-refractivity contribution is 7.99. The molecule has 21 heavy (non-hydrogen) atoms. The lowest BCUT2D eigenvalue weighted by atomic mass is 10.2. The number of nitrogens with zero attached hydrogens (tertiary/aromatic N) is 4. The zero-order valence-electron chi connectivity index (χ0n) is 12.2. The van der Waals surface area contributed by atoms with E-state index in [9.17, 15) is 4.79 Å². The summed E-state index contributed by atoms with van der Waals surface area (Å²) in [5.41, 5.74) is 0. The van der Waals surface area contributed by atoms with Gasteiger partial charge in [0, 0.05) is 44.6 Å². The van der Waals surface area contributed by atoms with Crippen molar-refractivity contribution in [3.63, 3.8) is 0 Å². The number of morpholine rings is 1. The van der Waals surface area contributed by atoms with Crippen LogP contribution in [0.25, 0.3) is 0 Å². The SMILES string of the molecule is Cc1nnc(CN2CCOC(C(=O)N3CCSCC3)C2)o1. The van der Waals surface area contributed by atoms with Crippen molar-refractivity contribution in [2.24, 2.45) is 0 Å². The molecule has 0 aliphatic carbocycles. The van der Waals surface area contributed by atoms with E-state index < -0.39 is 0 Å². The topological polar surface area (TPSA) is 71.7 Å². The molecule has 0 spiro atoms. The zero-order valence-corrected chi connectivity index (χ0v) is 13.0. The first-order valence-electron chi connectivity index (χ1n) is 7.22. The van der Waals surface area contributed by atoms with Gasteiger partial charge in [0.05, 0.1) is 13.2 Å². The van der Waals surface area contributed by atoms with Crippen molar-refractivity contribution >= 4 is 17.7 Å². The summed E-state index contributed by atoms with van der Waals surface area (Å²) in [4.78, 5) is 16.5. The van der Waals surface area contributed by atoms with Gasteiger partial charge in [-0.25, -0.2) is 0 Å². The van der Waals surface area contributed by atoms with Crippen LogP contribution in [0.15, 0.2) is 4.42 Å². The van der Waals surface area contributed by atoms with Crippen molar-refractivity contribution in [3.05, 3.63) is 11.8 Å². The average Bonchev–Trinajstić information content (AvgIpc) is 2.93. The van der Waals surface area contributed by atoms with E-state index in [4.69, 9.17) is 9.15 Å². The molecule has 1 unspecified atom stereocenters. The standard InChI is InChI=1S/C13H20N4O3S/c1-10-14-15-12(20-10)9-16-2-5-19-11(8-16)13(18)17-3-6-21-7-4-17/h11H,2-9H2,1H3. The van der Waals surface area contributed by atoms with Crippen LogP contribution in [-0.2, 0) is 16.1 Å². The van der Waals surface area contributed by atoms with Crippen molar-refractivity contribution < 1.29 is 13.9 Å². The highest BCUT2D eigenvalue weighted by Crippen LogP contribution is 2.15. The van der Waals surface area contributed by atoms with Crippen molar-refractivity contribution in [3.8, 4) is 0 Å². The Labute approximate surface area is 128 Å². The molecule has 1 atom stereocenters. The Hall–Kier alpha value is -1.12. The summed E-state index contributed by atoms with van der Waals surface area (Å²) in [5, 5.41) is 7.83. The van der Waals surface area contributed by atoms with Crippen LogP contribution in [0.3, 0.4) is 0 Å². The van der Waals surface area contributed by atoms with Crippen molar-refractivity contribution in [1.29, 1.82) is 0 Å². The highest BCUT2D eigenvalue weighted by atomic mass is 32.2. The fourth-order valence-electron chi connectivity index (χ4n) is 2.58. The van der Waals surface area contributed by atoms with Crippen LogP contribution in [0.2, 0.25) is 0 Å². The lowest BCUT2D eigenvalue weighted by Crippen LogP contribution is -2.52. The molecule has 1 aromatic heterocycles. The minimum atomic E-state index is -0.370. The molecule has 0 saturated carbocycles. The van der Waals surface area contributed by atoms with Gasteiger partial charge in [-0.05, 0) is 0 Å². The number of amides is 1. The summed E-state index contributed by atoms with van der Waals surface area (Å²) in [5.74, 6) is 3.31. The monoisotopic (exact) mass is 312 g/mol. The number of hydrogen-bond acceptors (Lipinski definition) is 7. The molecule has 1 aromatic rings. The molecule has 0 bridgehead atoms. The van der Waals surface area contributed by atoms with Crippen molar-refractivity contribution in [2.75, 3.05) is 44.3 Å². The molecule has 1 amide bonds. The van der Waals surface area contributed by atoms with Crippen LogP contribution < -0.4 is 0 Å². The summed E-state index contributed by atoms with van der Waals surface area (Å²) in [7, 11) is 0. The van der Waals surface area contributed by atoms with E-state index in [1.807, 2.05) is 16.7 Å². The number of carbonyl (C=O) groups is 1. The fraction of sp³-hybridized carbons (Fsp3) is 0.769. The summed E-state index contributed by atoms with van der Waals surface area (Å²) < 4.78 is 11.1. The number of aryl methyl sites for hydroxylation is 1. The van der Waals surface area contributed by atoms with Gasteiger partial charge in [-0.3, -0.25) is 9.69 Å². The summed E-state index contributed by atoms with van der Waals surface area (Å²) in [6.07, 6.45) is -0.370. The zero-order chi connectivity index (χ0) is 14.7. The molecule has 0 N–H and O–H groups in total. The summed E-state index contributed by atoms with van der Waals surface area (Å²) >= 11 is 1.89. The van der Waals surface area contributed by atoms with Crippen molar-refractivity contribution in [1.82, 2.24) is 20.0 Å². The number of hydrogen-bond donors (Lipinski definition) is 0. The Balaban J connectivity index is 1.56. The second-order valence-corrected chi connectivity index (χ2v) is 6.47. The Morgan fingerprint density at radius 1 is 1.33 bits per heavy atom. The maximum absolute atomic E-state index is 12.5. The normalized spacial score (nSPS) is 24.2. The Kier molecular flexibility index (Phi) is 4.77. The largest absolute Gasteiger partial charge is 0.424 e. The molecule has 3 rings (SSSR count). The highest BCUT2D eigenvalue weighted by Gasteiger charge is 2.31. The van der Waals surface area contributed by atoms with Crippen LogP contribution in [-0.4, -0.2) is 76.3 Å². The summed E-state index contributed by atoms with van der Waals surface area (Å²) in [6, 6.07) is 0. The second kappa shape index (κ2) is 6.76. The molecule has 3 heterocycles. The molecule has 2 aliphatic rings. The van der Waals surface area contributed by atoms with Crippen LogP contribution >= 0.6 is 11.8 Å². The van der Waals surface area contributed by atoms with Gasteiger partial charge in [-0.1, -0.05) is 0 Å². The predicted molar refractivity (Wildman–Crippen MR) is 78.0 cm³/mol. The van der Waals surface area contributed by atoms with E-state index in [0.717, 1.165) is 31.1 Å². The number of rotatable bonds is 3. The average molecular weight is 312 g/mol. The number of carbonyl (C=O) groups excluding carboxylic acids is 1. The van der Waals surface area contributed by atoms with Gasteiger partial charge in [0.1, 0.15) is 6.10 Å². The van der Waals surface area contributed by atoms with Gasteiger partial charge in [0.25, 0.3) is 5.91 Å². The first-order valence-corrected chi connectivity index (χ1v) is 8.37. The molecular weight excluding hydrogens is 292 g/mol. The Bertz CT molecular complexity index is 490. The van der Waals surface area contributed by atoms with E-state index >= 15 is 0 Å². The molecule has 0 aromatic carbocycles. The first kappa shape index (κ1) is 14.8. The molecule has 116 valence electrons. The summed E-state index contributed by atoms with van der Waals surface area (Å²) in [6.45, 7) is 5.93. The van der Waals surface area contributed by atoms with E-state index in [0.29, 0.717) is 31.5 Å². The maximum Gasteiger partial charge on any atom is 0.253 e. The van der Waals surface area contributed by atoms with Crippen LogP contribution in [0.4, 0.5) is 0 Å². The molecular formula is C13H20N4O3S. The Morgan fingerprint density at radius 2 is 2.14 bits per heavy atom. The molecule has 2 aliphatic heterocycles. The van der Waals surface area contributed by atoms with Gasteiger partial charge < -0.3 is 14.1 Å². The smallest absolute Gasteiger partial charge is 0.253 e. The molecule has 2 saturated heterocycles. The van der Waals surface area contributed by atoms with E-state index in [1.54, 1.807) is 6.92 Å². The van der Waals surface area contributed by atoms with Crippen LogP contribution in [0.1, 0.15) is 11.8 Å². The lowest BCUT2D eigenvalue weighted by molar-refractivity contribution is -0.149. The molecule has 7 nitrogen and oxygen atoms in total. The fourth-order valence-corrected chi connectivity index (χ4v) is 3.48. The van der Waals surface area contributed by atoms with E-state index in [2.05, 4.69) is 15.1 Å². The number of aromatic nitrogens is 2. The molecule has 0 radical (unpaired) electrons. The van der Waals surface area contributed by atoms with E-state index in [1.165, 1.54) is 0 Å². The third-order valence-electron chi connectivity index (χ3n) is 3.68. The lowest BCUT2D eigenvalue weighted by Gasteiger charge is -2.35. The van der Waals surface area contributed by atoms with Gasteiger partial charge in [0.2, 0.25) is 11.8 Å². The molecule has 2 fully saturated rings. The number of ether oxygens (including phenoxy) is 1. The Morgan fingerprint density at radius 3 is 2.86 bits per heavy atom. The maximum atomic E-state index is 12.5. The quantitative estimate of drug-likeness (QED) is 0.787. The minimum absolute atomic E-state index is 0.113. The van der Waals surface area contributed by atoms with Gasteiger partial charge in [0.15, 0.2) is 0 Å². The molecule has 8 heteroatoms. The van der Waals surface area contributed by atoms with Gasteiger partial charge in [-0.15, -0.1) is 10.2 Å². The van der Waals surface area contributed by atoms with Crippen molar-refractivity contribution in [2.45, 2.75) is 19.6 Å². The number of thioether (sulfide) groups is 1. The van der Waals surface area contributed by atoms with Crippen LogP contribution in [0.5, 0.6) is 0 Å². The minimum Gasteiger partial charge on any atom is -0.424 e.